The molecule has 1 aromatic carbocycles. The molecule has 0 atom stereocenters. The van der Waals surface area contributed by atoms with Gasteiger partial charge < -0.3 is 10.6 Å². The molecule has 4 nitrogen and oxygen atoms in total. The van der Waals surface area contributed by atoms with Crippen LogP contribution in [0.1, 0.15) is 36.0 Å². The van der Waals surface area contributed by atoms with Gasteiger partial charge >= 0.3 is 0 Å². The second-order valence-electron chi connectivity index (χ2n) is 6.41. The molecule has 2 N–H and O–H groups in total. The number of carbonyl (C=O) groups is 2. The molecule has 0 unspecified atom stereocenters. The van der Waals surface area contributed by atoms with Crippen molar-refractivity contribution in [3.63, 3.8) is 0 Å². The quantitative estimate of drug-likeness (QED) is 0.850. The third kappa shape index (κ3) is 4.17. The molecule has 0 fully saturated rings. The molecule has 0 radical (unpaired) electrons. The fourth-order valence-corrected chi connectivity index (χ4v) is 2.80. The maximum Gasteiger partial charge on any atom is 0.266 e. The second-order valence-corrected chi connectivity index (χ2v) is 7.46. The first kappa shape index (κ1) is 18.1. The number of benzene rings is 1. The summed E-state index contributed by atoms with van der Waals surface area (Å²) >= 11 is 1.10. The highest BCUT2D eigenvalue weighted by molar-refractivity contribution is 7.18. The summed E-state index contributed by atoms with van der Waals surface area (Å²) in [5.41, 5.74) is -0.00362. The molecule has 1 aromatic heterocycles. The van der Waals surface area contributed by atoms with Gasteiger partial charge in [0.2, 0.25) is 5.91 Å². The Hall–Kier alpha value is -2.28. The van der Waals surface area contributed by atoms with Crippen LogP contribution in [0.15, 0.2) is 24.3 Å². The average molecular weight is 352 g/mol. The van der Waals surface area contributed by atoms with Gasteiger partial charge in [-0.1, -0.05) is 20.8 Å². The SMILES string of the molecule is Cc1cc(NC(=O)C(C)(C)C)sc1C(=O)Nc1ccc(F)cc1F. The van der Waals surface area contributed by atoms with E-state index in [0.29, 0.717) is 21.5 Å². The van der Waals surface area contributed by atoms with Crippen molar-refractivity contribution in [1.82, 2.24) is 0 Å². The van der Waals surface area contributed by atoms with E-state index in [1.807, 2.05) is 0 Å². The minimum atomic E-state index is -0.848. The third-order valence-electron chi connectivity index (χ3n) is 3.22. The molecule has 24 heavy (non-hydrogen) atoms. The van der Waals surface area contributed by atoms with E-state index in [2.05, 4.69) is 10.6 Å². The van der Waals surface area contributed by atoms with E-state index in [1.54, 1.807) is 33.8 Å². The number of aryl methyl sites for hydroxylation is 1. The molecule has 2 aromatic rings. The maximum absolute atomic E-state index is 13.6. The zero-order chi connectivity index (χ0) is 18.1. The predicted molar refractivity (Wildman–Crippen MR) is 91.5 cm³/mol. The van der Waals surface area contributed by atoms with Gasteiger partial charge in [0.1, 0.15) is 11.6 Å². The number of nitrogens with one attached hydrogen (secondary N) is 2. The van der Waals surface area contributed by atoms with Gasteiger partial charge in [-0.2, -0.15) is 0 Å². The lowest BCUT2D eigenvalue weighted by Crippen LogP contribution is -2.27. The summed E-state index contributed by atoms with van der Waals surface area (Å²) in [6.45, 7) is 7.08. The lowest BCUT2D eigenvalue weighted by atomic mass is 9.96. The molecule has 0 spiro atoms. The van der Waals surface area contributed by atoms with Gasteiger partial charge in [0.25, 0.3) is 5.91 Å². The number of hydrogen-bond acceptors (Lipinski definition) is 3. The van der Waals surface area contributed by atoms with E-state index in [0.717, 1.165) is 23.5 Å². The predicted octanol–water partition coefficient (Wildman–Crippen LogP) is 4.57. The summed E-state index contributed by atoms with van der Waals surface area (Å²) < 4.78 is 26.5. The third-order valence-corrected chi connectivity index (χ3v) is 4.37. The normalized spacial score (nSPS) is 11.2. The van der Waals surface area contributed by atoms with Gasteiger partial charge in [-0.05, 0) is 30.7 Å². The van der Waals surface area contributed by atoms with Crippen molar-refractivity contribution in [2.75, 3.05) is 10.6 Å². The fraction of sp³-hybridized carbons (Fsp3) is 0.294. The molecular weight excluding hydrogens is 334 g/mol. The molecule has 2 rings (SSSR count). The van der Waals surface area contributed by atoms with E-state index >= 15 is 0 Å². The van der Waals surface area contributed by atoms with E-state index in [9.17, 15) is 18.4 Å². The number of halogens is 2. The van der Waals surface area contributed by atoms with Gasteiger partial charge in [0.05, 0.1) is 15.6 Å². The summed E-state index contributed by atoms with van der Waals surface area (Å²) in [4.78, 5) is 24.6. The van der Waals surface area contributed by atoms with Gasteiger partial charge in [0, 0.05) is 11.5 Å². The minimum Gasteiger partial charge on any atom is -0.319 e. The van der Waals surface area contributed by atoms with Crippen molar-refractivity contribution in [2.24, 2.45) is 5.41 Å². The number of carbonyl (C=O) groups excluding carboxylic acids is 2. The fourth-order valence-electron chi connectivity index (χ4n) is 1.84. The molecule has 2 amide bonds. The molecule has 1 heterocycles. The van der Waals surface area contributed by atoms with E-state index in [1.165, 1.54) is 0 Å². The first-order valence-electron chi connectivity index (χ1n) is 7.26. The number of hydrogen-bond donors (Lipinski definition) is 2. The van der Waals surface area contributed by atoms with Crippen LogP contribution in [0.2, 0.25) is 0 Å². The molecular formula is C17H18F2N2O2S. The zero-order valence-corrected chi connectivity index (χ0v) is 14.6. The summed E-state index contributed by atoms with van der Waals surface area (Å²) in [7, 11) is 0. The van der Waals surface area contributed by atoms with Crippen molar-refractivity contribution < 1.29 is 18.4 Å². The van der Waals surface area contributed by atoms with E-state index in [-0.39, 0.29) is 11.6 Å². The van der Waals surface area contributed by atoms with Gasteiger partial charge in [-0.25, -0.2) is 8.78 Å². The molecule has 0 bridgehead atoms. The van der Waals surface area contributed by atoms with Gasteiger partial charge in [0.15, 0.2) is 0 Å². The van der Waals surface area contributed by atoms with Crippen LogP contribution in [-0.2, 0) is 4.79 Å². The maximum atomic E-state index is 13.6. The van der Waals surface area contributed by atoms with Crippen molar-refractivity contribution in [1.29, 1.82) is 0 Å². The van der Waals surface area contributed by atoms with Crippen molar-refractivity contribution >= 4 is 33.8 Å². The van der Waals surface area contributed by atoms with Crippen LogP contribution in [0.25, 0.3) is 0 Å². The van der Waals surface area contributed by atoms with Crippen LogP contribution in [0.4, 0.5) is 19.5 Å². The topological polar surface area (TPSA) is 58.2 Å². The van der Waals surface area contributed by atoms with E-state index < -0.39 is 23.0 Å². The van der Waals surface area contributed by atoms with Gasteiger partial charge in [-0.3, -0.25) is 9.59 Å². The van der Waals surface area contributed by atoms with Crippen molar-refractivity contribution in [2.45, 2.75) is 27.7 Å². The van der Waals surface area contributed by atoms with Crippen molar-refractivity contribution in [3.05, 3.63) is 46.3 Å². The molecule has 0 aliphatic carbocycles. The number of thiophene rings is 1. The molecule has 128 valence electrons. The van der Waals surface area contributed by atoms with E-state index in [4.69, 9.17) is 0 Å². The van der Waals surface area contributed by atoms with Crippen molar-refractivity contribution in [3.8, 4) is 0 Å². The van der Waals surface area contributed by atoms with Crippen LogP contribution in [0.5, 0.6) is 0 Å². The smallest absolute Gasteiger partial charge is 0.266 e. The lowest BCUT2D eigenvalue weighted by Gasteiger charge is -2.16. The summed E-state index contributed by atoms with van der Waals surface area (Å²) in [5, 5.41) is 5.70. The largest absolute Gasteiger partial charge is 0.319 e. The van der Waals surface area contributed by atoms with Crippen LogP contribution < -0.4 is 10.6 Å². The second kappa shape index (κ2) is 6.68. The Morgan fingerprint density at radius 1 is 1.08 bits per heavy atom. The Kier molecular flexibility index (Phi) is 5.03. The Labute approximate surface area is 142 Å². The number of amides is 2. The highest BCUT2D eigenvalue weighted by Crippen LogP contribution is 2.29. The van der Waals surface area contributed by atoms with Crippen LogP contribution in [0, 0.1) is 24.0 Å². The summed E-state index contributed by atoms with van der Waals surface area (Å²) in [6.07, 6.45) is 0. The molecule has 0 aliphatic heterocycles. The Morgan fingerprint density at radius 3 is 2.33 bits per heavy atom. The van der Waals surface area contributed by atoms with Crippen LogP contribution >= 0.6 is 11.3 Å². The number of rotatable bonds is 3. The standard InChI is InChI=1S/C17H18F2N2O2S/c1-9-7-13(21-16(23)17(2,3)4)24-14(9)15(22)20-12-6-5-10(18)8-11(12)19/h5-8H,1-4H3,(H,20,22)(H,21,23). The molecule has 7 heteroatoms. The van der Waals surface area contributed by atoms with Crippen LogP contribution in [-0.4, -0.2) is 11.8 Å². The first-order chi connectivity index (χ1) is 11.1. The molecule has 0 saturated heterocycles. The minimum absolute atomic E-state index is 0.102. The van der Waals surface area contributed by atoms with Gasteiger partial charge in [-0.15, -0.1) is 11.3 Å². The highest BCUT2D eigenvalue weighted by atomic mass is 32.1. The monoisotopic (exact) mass is 352 g/mol. The average Bonchev–Trinajstić information content (AvgIpc) is 2.81. The summed E-state index contributed by atoms with van der Waals surface area (Å²) in [6, 6.07) is 4.61. The lowest BCUT2D eigenvalue weighted by molar-refractivity contribution is -0.123. The van der Waals surface area contributed by atoms with Crippen LogP contribution in [0.3, 0.4) is 0 Å². The molecule has 0 saturated carbocycles. The zero-order valence-electron chi connectivity index (χ0n) is 13.8. The summed E-state index contributed by atoms with van der Waals surface area (Å²) in [5.74, 6) is -2.25. The number of anilines is 2. The first-order valence-corrected chi connectivity index (χ1v) is 8.08. The Bertz CT molecular complexity index is 794. The Morgan fingerprint density at radius 2 is 1.75 bits per heavy atom. The highest BCUT2D eigenvalue weighted by Gasteiger charge is 2.23. The Balaban J connectivity index is 2.17. The molecule has 0 aliphatic rings.